The highest BCUT2D eigenvalue weighted by Gasteiger charge is 2.60. The molecule has 0 bridgehead atoms. The van der Waals surface area contributed by atoms with Gasteiger partial charge in [-0.3, -0.25) is 4.79 Å². The van der Waals surface area contributed by atoms with Crippen molar-refractivity contribution in [2.24, 2.45) is 40.4 Å². The van der Waals surface area contributed by atoms with E-state index in [4.69, 9.17) is 0 Å². The Morgan fingerprint density at radius 1 is 0.962 bits per heavy atom. The van der Waals surface area contributed by atoms with Crippen molar-refractivity contribution in [2.75, 3.05) is 5.33 Å². The van der Waals surface area contributed by atoms with Crippen LogP contribution in [0.4, 0.5) is 0 Å². The first-order valence-electron chi connectivity index (χ1n) is 11.0. The molecule has 0 aromatic rings. The van der Waals surface area contributed by atoms with Crippen molar-refractivity contribution in [3.63, 3.8) is 0 Å². The fourth-order valence-corrected chi connectivity index (χ4v) is 8.76. The van der Waals surface area contributed by atoms with Gasteiger partial charge in [0.1, 0.15) is 5.78 Å². The van der Waals surface area contributed by atoms with E-state index in [0.717, 1.165) is 37.0 Å². The van der Waals surface area contributed by atoms with E-state index in [9.17, 15) is 9.90 Å². The summed E-state index contributed by atoms with van der Waals surface area (Å²) >= 11 is 3.43. The van der Waals surface area contributed by atoms with Gasteiger partial charge in [0, 0.05) is 5.92 Å². The van der Waals surface area contributed by atoms with Crippen molar-refractivity contribution >= 4 is 21.7 Å². The third-order valence-electron chi connectivity index (χ3n) is 9.70. The molecule has 0 aromatic carbocycles. The van der Waals surface area contributed by atoms with Crippen LogP contribution >= 0.6 is 15.9 Å². The third kappa shape index (κ3) is 2.86. The SMILES string of the molecule is C[C@]1(O)CCC[C@@]2(C)[C@@H](CC[C@@H]3[C@@H]2CC[C@]2(C)[C@@H](C(=O)CBr)CC[C@@H]32)C1. The molecule has 26 heavy (non-hydrogen) atoms. The van der Waals surface area contributed by atoms with E-state index in [1.54, 1.807) is 0 Å². The lowest BCUT2D eigenvalue weighted by atomic mass is 9.46. The summed E-state index contributed by atoms with van der Waals surface area (Å²) in [6, 6.07) is 0. The number of carbonyl (C=O) groups excluding carboxylic acids is 1. The van der Waals surface area contributed by atoms with Crippen LogP contribution < -0.4 is 0 Å². The van der Waals surface area contributed by atoms with Crippen LogP contribution in [0.25, 0.3) is 0 Å². The van der Waals surface area contributed by atoms with Crippen LogP contribution in [0.2, 0.25) is 0 Å². The first-order chi connectivity index (χ1) is 12.2. The summed E-state index contributed by atoms with van der Waals surface area (Å²) in [6.45, 7) is 7.07. The highest BCUT2D eigenvalue weighted by Crippen LogP contribution is 2.67. The quantitative estimate of drug-likeness (QED) is 0.572. The Labute approximate surface area is 168 Å². The molecule has 4 aliphatic rings. The van der Waals surface area contributed by atoms with Gasteiger partial charge in [-0.15, -0.1) is 0 Å². The van der Waals surface area contributed by atoms with Crippen molar-refractivity contribution < 1.29 is 9.90 Å². The molecule has 0 aromatic heterocycles. The Balaban J connectivity index is 1.61. The van der Waals surface area contributed by atoms with Crippen LogP contribution in [0.1, 0.15) is 85.0 Å². The van der Waals surface area contributed by atoms with Gasteiger partial charge in [-0.25, -0.2) is 0 Å². The number of rotatable bonds is 2. The maximum absolute atomic E-state index is 12.6. The molecule has 2 nitrogen and oxygen atoms in total. The van der Waals surface area contributed by atoms with Gasteiger partial charge in [-0.2, -0.15) is 0 Å². The van der Waals surface area contributed by atoms with Gasteiger partial charge in [-0.1, -0.05) is 36.2 Å². The highest BCUT2D eigenvalue weighted by molar-refractivity contribution is 9.09. The van der Waals surface area contributed by atoms with Gasteiger partial charge >= 0.3 is 0 Å². The minimum Gasteiger partial charge on any atom is -0.390 e. The maximum Gasteiger partial charge on any atom is 0.147 e. The number of alkyl halides is 1. The summed E-state index contributed by atoms with van der Waals surface area (Å²) in [5.41, 5.74) is 0.187. The van der Waals surface area contributed by atoms with Crippen molar-refractivity contribution in [2.45, 2.75) is 90.6 Å². The number of hydrogen-bond acceptors (Lipinski definition) is 2. The third-order valence-corrected chi connectivity index (χ3v) is 10.3. The van der Waals surface area contributed by atoms with E-state index in [1.165, 1.54) is 44.9 Å². The molecular formula is C23H37BrO2. The minimum atomic E-state index is -0.459. The number of fused-ring (bicyclic) bond motifs is 5. The summed E-state index contributed by atoms with van der Waals surface area (Å²) in [4.78, 5) is 12.6. The second kappa shape index (κ2) is 6.58. The summed E-state index contributed by atoms with van der Waals surface area (Å²) in [5.74, 6) is 3.78. The van der Waals surface area contributed by atoms with E-state index in [0.29, 0.717) is 22.4 Å². The molecule has 0 aliphatic heterocycles. The Hall–Kier alpha value is 0.110. The Morgan fingerprint density at radius 2 is 1.69 bits per heavy atom. The molecule has 4 rings (SSSR count). The smallest absolute Gasteiger partial charge is 0.147 e. The van der Waals surface area contributed by atoms with Gasteiger partial charge in [0.15, 0.2) is 0 Å². The van der Waals surface area contributed by atoms with E-state index in [-0.39, 0.29) is 11.3 Å². The molecular weight excluding hydrogens is 388 g/mol. The topological polar surface area (TPSA) is 37.3 Å². The van der Waals surface area contributed by atoms with Gasteiger partial charge in [0.25, 0.3) is 0 Å². The monoisotopic (exact) mass is 424 g/mol. The van der Waals surface area contributed by atoms with Crippen LogP contribution in [0.3, 0.4) is 0 Å². The summed E-state index contributed by atoms with van der Waals surface area (Å²) in [7, 11) is 0. The molecule has 0 spiro atoms. The van der Waals surface area contributed by atoms with Crippen molar-refractivity contribution in [1.29, 1.82) is 0 Å². The van der Waals surface area contributed by atoms with Gasteiger partial charge in [0.05, 0.1) is 10.9 Å². The molecule has 0 radical (unpaired) electrons. The lowest BCUT2D eigenvalue weighted by molar-refractivity contribution is -0.132. The number of carbonyl (C=O) groups is 1. The van der Waals surface area contributed by atoms with Crippen molar-refractivity contribution in [3.05, 3.63) is 0 Å². The average Bonchev–Trinajstić information content (AvgIpc) is 2.87. The summed E-state index contributed by atoms with van der Waals surface area (Å²) < 4.78 is 0. The van der Waals surface area contributed by atoms with Crippen LogP contribution in [0.5, 0.6) is 0 Å². The first-order valence-corrected chi connectivity index (χ1v) is 12.1. The summed E-state index contributed by atoms with van der Waals surface area (Å²) in [5, 5.41) is 11.3. The lowest BCUT2D eigenvalue weighted by Crippen LogP contribution is -2.52. The standard InChI is InChI=1S/C23H37BrO2/c1-21(26)10-4-11-22(2)15(13-21)5-6-16-17-7-8-19(20(25)14-24)23(17,3)12-9-18(16)22/h15-19,26H,4-14H2,1-3H3/t15-,16-,17-,18-,19+,21-,22-,23-/m0/s1. The molecule has 8 atom stereocenters. The lowest BCUT2D eigenvalue weighted by Gasteiger charge is -2.59. The number of aliphatic hydroxyl groups is 1. The van der Waals surface area contributed by atoms with Crippen molar-refractivity contribution in [3.8, 4) is 0 Å². The van der Waals surface area contributed by atoms with Crippen LogP contribution in [-0.4, -0.2) is 21.8 Å². The molecule has 0 unspecified atom stereocenters. The fourth-order valence-electron chi connectivity index (χ4n) is 8.36. The van der Waals surface area contributed by atoms with E-state index >= 15 is 0 Å². The van der Waals surface area contributed by atoms with E-state index in [1.807, 2.05) is 0 Å². The first kappa shape index (κ1) is 19.4. The average molecular weight is 425 g/mol. The number of Topliss-reactive ketones (excluding diaryl/α,β-unsaturated/α-hetero) is 1. The normalized spacial score (nSPS) is 54.0. The molecule has 4 saturated carbocycles. The van der Waals surface area contributed by atoms with Crippen LogP contribution in [-0.2, 0) is 4.79 Å². The summed E-state index contributed by atoms with van der Waals surface area (Å²) in [6.07, 6.45) is 12.0. The fraction of sp³-hybridized carbons (Fsp3) is 0.957. The Bertz CT molecular complexity index is 573. The molecule has 4 aliphatic carbocycles. The van der Waals surface area contributed by atoms with Gasteiger partial charge < -0.3 is 5.11 Å². The zero-order chi connectivity index (χ0) is 18.7. The van der Waals surface area contributed by atoms with E-state index in [2.05, 4.69) is 36.7 Å². The zero-order valence-electron chi connectivity index (χ0n) is 16.9. The second-order valence-corrected chi connectivity index (χ2v) is 11.5. The predicted molar refractivity (Wildman–Crippen MR) is 109 cm³/mol. The molecule has 148 valence electrons. The molecule has 0 heterocycles. The molecule has 3 heteroatoms. The molecule has 0 amide bonds. The van der Waals surface area contributed by atoms with Gasteiger partial charge in [0.2, 0.25) is 0 Å². The Kier molecular flexibility index (Phi) is 4.91. The maximum atomic E-state index is 12.6. The van der Waals surface area contributed by atoms with E-state index < -0.39 is 5.60 Å². The molecule has 0 saturated heterocycles. The van der Waals surface area contributed by atoms with Crippen LogP contribution in [0.15, 0.2) is 0 Å². The largest absolute Gasteiger partial charge is 0.390 e. The van der Waals surface area contributed by atoms with Gasteiger partial charge in [-0.05, 0) is 99.2 Å². The second-order valence-electron chi connectivity index (χ2n) is 11.0. The molecule has 1 N–H and O–H groups in total. The minimum absolute atomic E-state index is 0.242. The zero-order valence-corrected chi connectivity index (χ0v) is 18.5. The Morgan fingerprint density at radius 3 is 2.42 bits per heavy atom. The predicted octanol–water partition coefficient (Wildman–Crippen LogP) is 5.75. The number of hydrogen-bond donors (Lipinski definition) is 1. The van der Waals surface area contributed by atoms with Crippen LogP contribution in [0, 0.1) is 40.4 Å². The number of halogens is 1. The highest BCUT2D eigenvalue weighted by atomic mass is 79.9. The molecule has 4 fully saturated rings. The van der Waals surface area contributed by atoms with Crippen molar-refractivity contribution in [1.82, 2.24) is 0 Å². The number of ketones is 1.